The van der Waals surface area contributed by atoms with Crippen molar-refractivity contribution in [2.75, 3.05) is 46.9 Å². The fourth-order valence-electron chi connectivity index (χ4n) is 4.40. The molecule has 0 aliphatic carbocycles. The Bertz CT molecular complexity index is 856. The third-order valence-corrected chi connectivity index (χ3v) is 6.30. The van der Waals surface area contributed by atoms with E-state index in [9.17, 15) is 14.4 Å². The molecule has 2 aliphatic rings. The van der Waals surface area contributed by atoms with Crippen LogP contribution in [0.2, 0.25) is 0 Å². The first kappa shape index (κ1) is 23.9. The summed E-state index contributed by atoms with van der Waals surface area (Å²) in [6.07, 6.45) is 1.30. The highest BCUT2D eigenvalue weighted by Crippen LogP contribution is 2.29. The van der Waals surface area contributed by atoms with E-state index < -0.39 is 0 Å². The summed E-state index contributed by atoms with van der Waals surface area (Å²) in [5.41, 5.74) is 0.740. The minimum Gasteiger partial charge on any atom is -0.493 e. The van der Waals surface area contributed by atoms with Gasteiger partial charge in [-0.05, 0) is 44.9 Å². The highest BCUT2D eigenvalue weighted by molar-refractivity contribution is 5.89. The molecule has 2 saturated heterocycles. The maximum atomic E-state index is 12.9. The smallest absolute Gasteiger partial charge is 0.228 e. The summed E-state index contributed by atoms with van der Waals surface area (Å²) in [6, 6.07) is 5.68. The molecule has 3 rings (SSSR count). The van der Waals surface area contributed by atoms with Crippen LogP contribution in [0.15, 0.2) is 18.2 Å². The molecule has 1 aromatic carbocycles. The molecule has 32 heavy (non-hydrogen) atoms. The minimum atomic E-state index is -0.283. The molecule has 2 heterocycles. The van der Waals surface area contributed by atoms with E-state index in [4.69, 9.17) is 9.47 Å². The lowest BCUT2D eigenvalue weighted by molar-refractivity contribution is -0.142. The normalized spacial score (nSPS) is 19.3. The van der Waals surface area contributed by atoms with Gasteiger partial charge in [-0.2, -0.15) is 0 Å². The van der Waals surface area contributed by atoms with Gasteiger partial charge in [0.2, 0.25) is 17.7 Å². The summed E-state index contributed by atoms with van der Waals surface area (Å²) in [4.78, 5) is 43.4. The fourth-order valence-corrected chi connectivity index (χ4v) is 4.40. The van der Waals surface area contributed by atoms with Crippen LogP contribution >= 0.6 is 0 Å². The van der Waals surface area contributed by atoms with Gasteiger partial charge in [-0.1, -0.05) is 6.07 Å². The van der Waals surface area contributed by atoms with Crippen molar-refractivity contribution in [3.8, 4) is 11.5 Å². The average molecular weight is 446 g/mol. The second kappa shape index (κ2) is 9.79. The molecular formula is C24H35N3O5. The molecule has 1 atom stereocenters. The quantitative estimate of drug-likeness (QED) is 0.669. The van der Waals surface area contributed by atoms with Crippen LogP contribution in [0.3, 0.4) is 0 Å². The van der Waals surface area contributed by atoms with Crippen LogP contribution < -0.4 is 9.47 Å². The molecule has 0 radical (unpaired) electrons. The molecule has 0 N–H and O–H groups in total. The number of methoxy groups -OCH3 is 2. The molecule has 1 unspecified atom stereocenters. The largest absolute Gasteiger partial charge is 0.493 e. The van der Waals surface area contributed by atoms with Crippen molar-refractivity contribution in [1.29, 1.82) is 0 Å². The lowest BCUT2D eigenvalue weighted by Gasteiger charge is -2.36. The number of likely N-dealkylation sites (tertiary alicyclic amines) is 1. The SMILES string of the molecule is COc1ccc(CCC(=O)N2CCN(C(=O)C3CC(=O)N(C(C)(C)C)C3)CC2)cc1OC. The Balaban J connectivity index is 1.48. The third kappa shape index (κ3) is 5.34. The Morgan fingerprint density at radius 1 is 1.00 bits per heavy atom. The number of carbonyl (C=O) groups excluding carboxylic acids is 3. The van der Waals surface area contributed by atoms with Gasteiger partial charge in [0.15, 0.2) is 11.5 Å². The summed E-state index contributed by atoms with van der Waals surface area (Å²) in [6.45, 7) is 8.53. The van der Waals surface area contributed by atoms with E-state index in [-0.39, 0.29) is 35.6 Å². The minimum absolute atomic E-state index is 0.0301. The van der Waals surface area contributed by atoms with Crippen molar-refractivity contribution in [1.82, 2.24) is 14.7 Å². The van der Waals surface area contributed by atoms with Gasteiger partial charge in [-0.3, -0.25) is 14.4 Å². The van der Waals surface area contributed by atoms with Gasteiger partial charge in [-0.15, -0.1) is 0 Å². The molecule has 0 saturated carbocycles. The van der Waals surface area contributed by atoms with Gasteiger partial charge in [-0.25, -0.2) is 0 Å². The van der Waals surface area contributed by atoms with Crippen molar-refractivity contribution in [3.63, 3.8) is 0 Å². The van der Waals surface area contributed by atoms with Gasteiger partial charge in [0.05, 0.1) is 20.1 Å². The number of amides is 3. The van der Waals surface area contributed by atoms with Crippen LogP contribution in [-0.4, -0.2) is 84.9 Å². The number of rotatable bonds is 6. The van der Waals surface area contributed by atoms with E-state index in [0.717, 1.165) is 5.56 Å². The molecule has 176 valence electrons. The van der Waals surface area contributed by atoms with E-state index in [1.807, 2.05) is 48.8 Å². The van der Waals surface area contributed by atoms with Gasteiger partial charge < -0.3 is 24.2 Å². The first-order valence-corrected chi connectivity index (χ1v) is 11.2. The molecule has 0 bridgehead atoms. The number of aryl methyl sites for hydroxylation is 1. The van der Waals surface area contributed by atoms with Crippen molar-refractivity contribution in [2.24, 2.45) is 5.92 Å². The van der Waals surface area contributed by atoms with Crippen molar-refractivity contribution < 1.29 is 23.9 Å². The predicted molar refractivity (Wildman–Crippen MR) is 121 cm³/mol. The van der Waals surface area contributed by atoms with Crippen molar-refractivity contribution >= 4 is 17.7 Å². The Morgan fingerprint density at radius 2 is 1.62 bits per heavy atom. The summed E-state index contributed by atoms with van der Waals surface area (Å²) >= 11 is 0. The number of ether oxygens (including phenoxy) is 2. The number of benzene rings is 1. The Labute approximate surface area is 190 Å². The standard InChI is InChI=1S/C24H35N3O5/c1-24(2,3)27-16-18(15-22(27)29)23(30)26-12-10-25(11-13-26)21(28)9-7-17-6-8-19(31-4)20(14-17)32-5/h6,8,14,18H,7,9-13,15-16H2,1-5H3. The molecule has 8 nitrogen and oxygen atoms in total. The van der Waals surface area contributed by atoms with E-state index in [1.54, 1.807) is 19.1 Å². The Morgan fingerprint density at radius 3 is 2.19 bits per heavy atom. The van der Waals surface area contributed by atoms with Gasteiger partial charge in [0.25, 0.3) is 0 Å². The van der Waals surface area contributed by atoms with Crippen LogP contribution in [0.1, 0.15) is 39.2 Å². The lowest BCUT2D eigenvalue weighted by atomic mass is 10.1. The second-order valence-electron chi connectivity index (χ2n) is 9.47. The van der Waals surface area contributed by atoms with E-state index >= 15 is 0 Å². The summed E-state index contributed by atoms with van der Waals surface area (Å²) < 4.78 is 10.6. The molecule has 0 aromatic heterocycles. The Hall–Kier alpha value is -2.77. The van der Waals surface area contributed by atoms with E-state index in [1.165, 1.54) is 0 Å². The zero-order chi connectivity index (χ0) is 23.5. The van der Waals surface area contributed by atoms with Gasteiger partial charge in [0.1, 0.15) is 0 Å². The van der Waals surface area contributed by atoms with Crippen LogP contribution in [0.25, 0.3) is 0 Å². The maximum absolute atomic E-state index is 12.9. The second-order valence-corrected chi connectivity index (χ2v) is 9.47. The zero-order valence-corrected chi connectivity index (χ0v) is 19.8. The molecule has 0 spiro atoms. The third-order valence-electron chi connectivity index (χ3n) is 6.30. The van der Waals surface area contributed by atoms with Crippen LogP contribution in [0.5, 0.6) is 11.5 Å². The van der Waals surface area contributed by atoms with Crippen LogP contribution in [-0.2, 0) is 20.8 Å². The van der Waals surface area contributed by atoms with Crippen molar-refractivity contribution in [3.05, 3.63) is 23.8 Å². The summed E-state index contributed by atoms with van der Waals surface area (Å²) in [5.74, 6) is 1.19. The fraction of sp³-hybridized carbons (Fsp3) is 0.625. The maximum Gasteiger partial charge on any atom is 0.228 e. The topological polar surface area (TPSA) is 79.4 Å². The number of hydrogen-bond acceptors (Lipinski definition) is 5. The summed E-state index contributed by atoms with van der Waals surface area (Å²) in [5, 5.41) is 0. The Kier molecular flexibility index (Phi) is 7.31. The highest BCUT2D eigenvalue weighted by Gasteiger charge is 2.41. The van der Waals surface area contributed by atoms with Crippen LogP contribution in [0.4, 0.5) is 0 Å². The molecule has 2 fully saturated rings. The predicted octanol–water partition coefficient (Wildman–Crippen LogP) is 1.95. The number of carbonyl (C=O) groups is 3. The van der Waals surface area contributed by atoms with Crippen molar-refractivity contribution in [2.45, 2.75) is 45.6 Å². The first-order chi connectivity index (χ1) is 15.1. The monoisotopic (exact) mass is 445 g/mol. The molecular weight excluding hydrogens is 410 g/mol. The zero-order valence-electron chi connectivity index (χ0n) is 19.8. The number of hydrogen-bond donors (Lipinski definition) is 0. The van der Waals surface area contributed by atoms with E-state index in [0.29, 0.717) is 57.1 Å². The molecule has 8 heteroatoms. The average Bonchev–Trinajstić information content (AvgIpc) is 3.19. The molecule has 3 amide bonds. The molecule has 1 aromatic rings. The van der Waals surface area contributed by atoms with Crippen LogP contribution in [0, 0.1) is 5.92 Å². The first-order valence-electron chi connectivity index (χ1n) is 11.2. The molecule has 2 aliphatic heterocycles. The summed E-state index contributed by atoms with van der Waals surface area (Å²) in [7, 11) is 3.19. The van der Waals surface area contributed by atoms with Gasteiger partial charge in [0, 0.05) is 51.1 Å². The van der Waals surface area contributed by atoms with E-state index in [2.05, 4.69) is 0 Å². The number of piperazine rings is 1. The van der Waals surface area contributed by atoms with Gasteiger partial charge >= 0.3 is 0 Å². The lowest BCUT2D eigenvalue weighted by Crippen LogP contribution is -2.52. The number of nitrogens with zero attached hydrogens (tertiary/aromatic N) is 3. The highest BCUT2D eigenvalue weighted by atomic mass is 16.5.